The van der Waals surface area contributed by atoms with Crippen molar-refractivity contribution in [3.05, 3.63) is 97.1 Å². The Bertz CT molecular complexity index is 1080. The predicted octanol–water partition coefficient (Wildman–Crippen LogP) is 6.76. The Kier molecular flexibility index (Phi) is 10.00. The van der Waals surface area contributed by atoms with Gasteiger partial charge in [-0.1, -0.05) is 99.3 Å². The van der Waals surface area contributed by atoms with Gasteiger partial charge in [-0.05, 0) is 40.9 Å². The van der Waals surface area contributed by atoms with Crippen molar-refractivity contribution in [1.29, 1.82) is 0 Å². The maximum absolute atomic E-state index is 13.1. The van der Waals surface area contributed by atoms with Crippen LogP contribution in [0.2, 0.25) is 0 Å². The molecular weight excluding hydrogens is 470 g/mol. The zero-order valence-corrected chi connectivity index (χ0v) is 22.0. The summed E-state index contributed by atoms with van der Waals surface area (Å²) in [4.78, 5) is 27.4. The first kappa shape index (κ1) is 27.3. The van der Waals surface area contributed by atoms with Crippen molar-refractivity contribution in [3.63, 3.8) is 0 Å². The minimum Gasteiger partial charge on any atom is -0.467 e. The monoisotopic (exact) mass is 505 g/mol. The number of methoxy groups -OCH3 is 1. The van der Waals surface area contributed by atoms with Gasteiger partial charge in [-0.2, -0.15) is 0 Å². The van der Waals surface area contributed by atoms with Crippen molar-refractivity contribution < 1.29 is 19.1 Å². The summed E-state index contributed by atoms with van der Waals surface area (Å²) in [6.07, 6.45) is 7.15. The first-order valence-corrected chi connectivity index (χ1v) is 13.2. The zero-order valence-electron chi connectivity index (χ0n) is 21.2. The van der Waals surface area contributed by atoms with Crippen molar-refractivity contribution in [3.8, 4) is 11.1 Å². The van der Waals surface area contributed by atoms with Crippen LogP contribution in [-0.4, -0.2) is 49.0 Å². The van der Waals surface area contributed by atoms with E-state index in [0.717, 1.165) is 35.3 Å². The van der Waals surface area contributed by atoms with E-state index in [0.29, 0.717) is 18.5 Å². The molecule has 1 fully saturated rings. The van der Waals surface area contributed by atoms with Gasteiger partial charge in [0.25, 0.3) is 0 Å². The molecule has 1 saturated heterocycles. The number of carbonyl (C=O) groups excluding carboxylic acids is 2. The second-order valence-corrected chi connectivity index (χ2v) is 10.3. The third-order valence-electron chi connectivity index (χ3n) is 6.28. The SMILES string of the molecule is C=C/C=C\C(=C)COC(=O)N1C[C@](SCCCC)(c2ccc(-c3ccccc3)cc2)CC1C(=O)OC. The normalized spacial score (nSPS) is 19.3. The van der Waals surface area contributed by atoms with Crippen molar-refractivity contribution in [2.24, 2.45) is 0 Å². The van der Waals surface area contributed by atoms with Gasteiger partial charge in [-0.15, -0.1) is 11.8 Å². The van der Waals surface area contributed by atoms with E-state index in [-0.39, 0.29) is 6.61 Å². The Hall–Kier alpha value is -3.25. The third kappa shape index (κ3) is 6.70. The number of unbranched alkanes of at least 4 members (excludes halogenated alkanes) is 1. The molecule has 0 radical (unpaired) electrons. The van der Waals surface area contributed by atoms with Crippen LogP contribution in [-0.2, 0) is 19.0 Å². The number of hydrogen-bond donors (Lipinski definition) is 0. The number of carbonyl (C=O) groups is 2. The molecule has 3 rings (SSSR count). The van der Waals surface area contributed by atoms with Crippen molar-refractivity contribution >= 4 is 23.8 Å². The lowest BCUT2D eigenvalue weighted by Gasteiger charge is -2.29. The van der Waals surface area contributed by atoms with Crippen LogP contribution in [0.1, 0.15) is 31.7 Å². The molecular formula is C30H35NO4S. The molecule has 2 atom stereocenters. The molecule has 2 aromatic carbocycles. The smallest absolute Gasteiger partial charge is 0.410 e. The molecule has 36 heavy (non-hydrogen) atoms. The average Bonchev–Trinajstić information content (AvgIpc) is 3.32. The number of allylic oxidation sites excluding steroid dienone is 2. The number of amides is 1. The fraction of sp³-hybridized carbons (Fsp3) is 0.333. The highest BCUT2D eigenvalue weighted by atomic mass is 32.2. The maximum Gasteiger partial charge on any atom is 0.410 e. The van der Waals surface area contributed by atoms with Gasteiger partial charge in [-0.25, -0.2) is 9.59 Å². The van der Waals surface area contributed by atoms with Crippen LogP contribution < -0.4 is 0 Å². The molecule has 2 aromatic rings. The second-order valence-electron chi connectivity index (χ2n) is 8.82. The molecule has 5 nitrogen and oxygen atoms in total. The summed E-state index contributed by atoms with van der Waals surface area (Å²) < 4.78 is 10.2. The Morgan fingerprint density at radius 3 is 2.47 bits per heavy atom. The van der Waals surface area contributed by atoms with Gasteiger partial charge in [0.05, 0.1) is 11.9 Å². The number of ether oxygens (including phenoxy) is 2. The van der Waals surface area contributed by atoms with Gasteiger partial charge in [0.2, 0.25) is 0 Å². The fourth-order valence-electron chi connectivity index (χ4n) is 4.31. The summed E-state index contributed by atoms with van der Waals surface area (Å²) in [7, 11) is 1.35. The number of hydrogen-bond acceptors (Lipinski definition) is 5. The van der Waals surface area contributed by atoms with E-state index in [2.05, 4.69) is 56.5 Å². The molecule has 0 aliphatic carbocycles. The fourth-order valence-corrected chi connectivity index (χ4v) is 5.94. The average molecular weight is 506 g/mol. The minimum atomic E-state index is -0.720. The van der Waals surface area contributed by atoms with Crippen LogP contribution in [0.4, 0.5) is 4.79 Å². The minimum absolute atomic E-state index is 0.0370. The van der Waals surface area contributed by atoms with Crippen LogP contribution >= 0.6 is 11.8 Å². The van der Waals surface area contributed by atoms with Gasteiger partial charge in [0, 0.05) is 6.54 Å². The van der Waals surface area contributed by atoms with E-state index >= 15 is 0 Å². The van der Waals surface area contributed by atoms with E-state index in [9.17, 15) is 9.59 Å². The quantitative estimate of drug-likeness (QED) is 0.192. The van der Waals surface area contributed by atoms with Gasteiger partial charge in [-0.3, -0.25) is 4.90 Å². The van der Waals surface area contributed by atoms with E-state index < -0.39 is 22.9 Å². The summed E-state index contributed by atoms with van der Waals surface area (Å²) in [5.74, 6) is 0.493. The van der Waals surface area contributed by atoms with Crippen LogP contribution in [0.3, 0.4) is 0 Å². The summed E-state index contributed by atoms with van der Waals surface area (Å²) in [6.45, 7) is 10.1. The highest BCUT2D eigenvalue weighted by molar-refractivity contribution is 8.00. The van der Waals surface area contributed by atoms with Crippen molar-refractivity contribution in [1.82, 2.24) is 4.90 Å². The van der Waals surface area contributed by atoms with Gasteiger partial charge in [0.15, 0.2) is 0 Å². The number of benzene rings is 2. The zero-order chi connectivity index (χ0) is 26.0. The van der Waals surface area contributed by atoms with Crippen LogP contribution in [0.15, 0.2) is 91.6 Å². The number of nitrogens with zero attached hydrogens (tertiary/aromatic N) is 1. The predicted molar refractivity (Wildman–Crippen MR) is 148 cm³/mol. The largest absolute Gasteiger partial charge is 0.467 e. The molecule has 6 heteroatoms. The van der Waals surface area contributed by atoms with Gasteiger partial charge >= 0.3 is 12.1 Å². The number of esters is 1. The van der Waals surface area contributed by atoms with Crippen LogP contribution in [0.5, 0.6) is 0 Å². The molecule has 1 amide bonds. The molecule has 0 aromatic heterocycles. The second kappa shape index (κ2) is 13.2. The molecule has 1 aliphatic rings. The molecule has 0 bridgehead atoms. The number of thioether (sulfide) groups is 1. The Labute approximate surface area is 218 Å². The maximum atomic E-state index is 13.1. The molecule has 1 heterocycles. The topological polar surface area (TPSA) is 55.8 Å². The molecule has 0 spiro atoms. The van der Waals surface area contributed by atoms with Crippen molar-refractivity contribution in [2.75, 3.05) is 26.0 Å². The first-order valence-electron chi connectivity index (χ1n) is 12.2. The van der Waals surface area contributed by atoms with E-state index in [4.69, 9.17) is 9.47 Å². The Morgan fingerprint density at radius 2 is 1.83 bits per heavy atom. The third-order valence-corrected chi connectivity index (χ3v) is 7.85. The summed E-state index contributed by atoms with van der Waals surface area (Å²) in [5.41, 5.74) is 3.99. The summed E-state index contributed by atoms with van der Waals surface area (Å²) in [5, 5.41) is 0. The van der Waals surface area contributed by atoms with Gasteiger partial charge in [0.1, 0.15) is 12.6 Å². The lowest BCUT2D eigenvalue weighted by Crippen LogP contribution is -2.42. The standard InChI is InChI=1S/C30H35NO4S/c1-5-7-12-23(3)21-35-29(33)31-22-30(36-19-8-6-2,20-27(31)28(32)34-4)26-17-15-25(16-18-26)24-13-10-9-11-14-24/h5,7,9-18,27H,1,3,6,8,19-22H2,2,4H3/b12-7-/t27?,30-/m0/s1. The van der Waals surface area contributed by atoms with Crippen molar-refractivity contribution in [2.45, 2.75) is 37.0 Å². The van der Waals surface area contributed by atoms with E-state index in [1.807, 2.05) is 18.2 Å². The Morgan fingerprint density at radius 1 is 1.14 bits per heavy atom. The highest BCUT2D eigenvalue weighted by Crippen LogP contribution is 2.48. The van der Waals surface area contributed by atoms with E-state index in [1.54, 1.807) is 30.0 Å². The number of rotatable bonds is 11. The van der Waals surface area contributed by atoms with Crippen LogP contribution in [0.25, 0.3) is 11.1 Å². The molecule has 1 unspecified atom stereocenters. The summed E-state index contributed by atoms with van der Waals surface area (Å²) >= 11 is 1.80. The molecule has 190 valence electrons. The number of likely N-dealkylation sites (tertiary alicyclic amines) is 1. The first-order chi connectivity index (χ1) is 17.4. The lowest BCUT2D eigenvalue weighted by atomic mass is 9.93. The highest BCUT2D eigenvalue weighted by Gasteiger charge is 2.51. The van der Waals surface area contributed by atoms with Gasteiger partial charge < -0.3 is 9.47 Å². The Balaban J connectivity index is 1.89. The summed E-state index contributed by atoms with van der Waals surface area (Å²) in [6, 6.07) is 17.9. The lowest BCUT2D eigenvalue weighted by molar-refractivity contribution is -0.145. The molecule has 1 aliphatic heterocycles. The van der Waals surface area contributed by atoms with Crippen LogP contribution in [0, 0.1) is 0 Å². The van der Waals surface area contributed by atoms with E-state index in [1.165, 1.54) is 12.0 Å². The molecule has 0 N–H and O–H groups in total. The molecule has 0 saturated carbocycles.